The Balaban J connectivity index is 2.91. The van der Waals surface area contributed by atoms with E-state index in [1.54, 1.807) is 13.0 Å². The predicted octanol–water partition coefficient (Wildman–Crippen LogP) is 1.48. The van der Waals surface area contributed by atoms with E-state index in [0.29, 0.717) is 0 Å². The van der Waals surface area contributed by atoms with Gasteiger partial charge in [-0.3, -0.25) is 0 Å². The first-order chi connectivity index (χ1) is 6.83. The lowest BCUT2D eigenvalue weighted by Crippen LogP contribution is -2.30. The van der Waals surface area contributed by atoms with E-state index < -0.39 is 16.1 Å². The van der Waals surface area contributed by atoms with Crippen molar-refractivity contribution in [1.29, 1.82) is 0 Å². The van der Waals surface area contributed by atoms with Gasteiger partial charge in [-0.2, -0.15) is 0 Å². The van der Waals surface area contributed by atoms with Crippen LogP contribution in [-0.4, -0.2) is 26.2 Å². The summed E-state index contributed by atoms with van der Waals surface area (Å²) < 4.78 is 26.6. The largest absolute Gasteiger partial charge is 0.392 e. The summed E-state index contributed by atoms with van der Waals surface area (Å²) in [6, 6.07) is 1.56. The molecule has 4 nitrogen and oxygen atoms in total. The molecule has 0 fully saturated rings. The molecule has 0 bridgehead atoms. The van der Waals surface area contributed by atoms with Crippen LogP contribution in [0.15, 0.2) is 14.7 Å². The lowest BCUT2D eigenvalue weighted by atomic mass is 10.4. The molecule has 0 aromatic carbocycles. The van der Waals surface area contributed by atoms with Gasteiger partial charge in [-0.1, -0.05) is 0 Å². The third kappa shape index (κ3) is 3.53. The molecule has 0 radical (unpaired) electrons. The minimum atomic E-state index is -3.49. The van der Waals surface area contributed by atoms with Crippen LogP contribution < -0.4 is 4.72 Å². The normalized spacial score (nSPS) is 14.1. The quantitative estimate of drug-likeness (QED) is 0.884. The Kier molecular flexibility index (Phi) is 4.30. The first-order valence-corrected chi connectivity index (χ1v) is 7.36. The molecule has 1 heterocycles. The summed E-state index contributed by atoms with van der Waals surface area (Å²) in [5, 5.41) is 9.00. The first kappa shape index (κ1) is 13.1. The lowest BCUT2D eigenvalue weighted by Gasteiger charge is -2.07. The molecule has 1 aromatic rings. The molecule has 1 rings (SSSR count). The van der Waals surface area contributed by atoms with Crippen LogP contribution in [0.1, 0.15) is 11.8 Å². The highest BCUT2D eigenvalue weighted by Crippen LogP contribution is 2.29. The second-order valence-corrected chi connectivity index (χ2v) is 7.54. The number of nitrogens with one attached hydrogen (secondary N) is 1. The van der Waals surface area contributed by atoms with Crippen LogP contribution >= 0.6 is 27.3 Å². The number of sulfonamides is 1. The van der Waals surface area contributed by atoms with E-state index in [0.717, 1.165) is 8.66 Å². The van der Waals surface area contributed by atoms with Crippen molar-refractivity contribution in [1.82, 2.24) is 4.72 Å². The van der Waals surface area contributed by atoms with Crippen LogP contribution in [0.2, 0.25) is 0 Å². The van der Waals surface area contributed by atoms with Gasteiger partial charge in [-0.15, -0.1) is 11.3 Å². The molecule has 0 saturated heterocycles. The van der Waals surface area contributed by atoms with Crippen LogP contribution in [0.5, 0.6) is 0 Å². The van der Waals surface area contributed by atoms with Crippen LogP contribution in [0, 0.1) is 6.92 Å². The van der Waals surface area contributed by atoms with E-state index in [4.69, 9.17) is 5.11 Å². The van der Waals surface area contributed by atoms with Gasteiger partial charge >= 0.3 is 0 Å². The van der Waals surface area contributed by atoms with Gasteiger partial charge < -0.3 is 5.11 Å². The number of thiophene rings is 1. The molecule has 0 spiro atoms. The van der Waals surface area contributed by atoms with Crippen LogP contribution in [-0.2, 0) is 10.0 Å². The second-order valence-electron chi connectivity index (χ2n) is 3.17. The Morgan fingerprint density at radius 1 is 1.67 bits per heavy atom. The smallest absolute Gasteiger partial charge is 0.241 e. The molecule has 0 aliphatic heterocycles. The van der Waals surface area contributed by atoms with Crippen LogP contribution in [0.25, 0.3) is 0 Å². The predicted molar refractivity (Wildman–Crippen MR) is 63.6 cm³/mol. The van der Waals surface area contributed by atoms with Crippen molar-refractivity contribution >= 4 is 37.3 Å². The van der Waals surface area contributed by atoms with E-state index in [1.807, 2.05) is 0 Å². The molecule has 0 aliphatic carbocycles. The summed E-state index contributed by atoms with van der Waals surface area (Å²) >= 11 is 4.60. The molecular weight excluding hydrogens is 302 g/mol. The topological polar surface area (TPSA) is 66.4 Å². The summed E-state index contributed by atoms with van der Waals surface area (Å²) in [6.45, 7) is 3.29. The fourth-order valence-electron chi connectivity index (χ4n) is 1.01. The van der Waals surface area contributed by atoms with Crippen LogP contribution in [0.4, 0.5) is 0 Å². The molecule has 86 valence electrons. The minimum Gasteiger partial charge on any atom is -0.392 e. The molecule has 1 aromatic heterocycles. The Hall–Kier alpha value is 0.0500. The summed E-state index contributed by atoms with van der Waals surface area (Å²) in [4.78, 5) is 0.986. The molecular formula is C8H12BrNO3S2. The van der Waals surface area contributed by atoms with Crippen molar-refractivity contribution in [2.75, 3.05) is 6.54 Å². The fourth-order valence-corrected chi connectivity index (χ4v) is 4.54. The maximum Gasteiger partial charge on any atom is 0.241 e. The van der Waals surface area contributed by atoms with Crippen molar-refractivity contribution in [3.05, 3.63) is 14.7 Å². The number of aliphatic hydroxyl groups is 1. The summed E-state index contributed by atoms with van der Waals surface area (Å²) in [5.74, 6) is 0. The third-order valence-corrected chi connectivity index (χ3v) is 4.93. The monoisotopic (exact) mass is 313 g/mol. The molecule has 1 atom stereocenters. The molecule has 0 saturated carbocycles. The highest BCUT2D eigenvalue weighted by molar-refractivity contribution is 9.11. The average Bonchev–Trinajstić information content (AvgIpc) is 2.43. The highest BCUT2D eigenvalue weighted by atomic mass is 79.9. The molecule has 0 aliphatic rings. The van der Waals surface area contributed by atoms with Crippen molar-refractivity contribution in [3.63, 3.8) is 0 Å². The standard InChI is InChI=1S/C8H12BrNO3S2/c1-5(11)4-10-15(12,13)7-3-8(9)14-6(7)2/h3,5,10-11H,4H2,1-2H3/t5-/m1/s1. The Morgan fingerprint density at radius 2 is 2.27 bits per heavy atom. The Bertz CT molecular complexity index is 439. The minimum absolute atomic E-state index is 0.0231. The van der Waals surface area contributed by atoms with Gasteiger partial charge in [0.25, 0.3) is 0 Å². The summed E-state index contributed by atoms with van der Waals surface area (Å²) in [5.41, 5.74) is 0. The zero-order valence-electron chi connectivity index (χ0n) is 8.32. The zero-order chi connectivity index (χ0) is 11.6. The summed E-state index contributed by atoms with van der Waals surface area (Å²) in [7, 11) is -3.49. The maximum absolute atomic E-state index is 11.7. The number of hydrogen-bond acceptors (Lipinski definition) is 4. The lowest BCUT2D eigenvalue weighted by molar-refractivity contribution is 0.198. The Labute approximate surface area is 102 Å². The molecule has 0 unspecified atom stereocenters. The number of hydrogen-bond donors (Lipinski definition) is 2. The average molecular weight is 314 g/mol. The van der Waals surface area contributed by atoms with Crippen LogP contribution in [0.3, 0.4) is 0 Å². The molecule has 0 amide bonds. The van der Waals surface area contributed by atoms with Crippen molar-refractivity contribution < 1.29 is 13.5 Å². The van der Waals surface area contributed by atoms with E-state index in [1.165, 1.54) is 18.3 Å². The summed E-state index contributed by atoms with van der Waals surface area (Å²) in [6.07, 6.45) is -0.692. The van der Waals surface area contributed by atoms with Gasteiger partial charge in [0.2, 0.25) is 10.0 Å². The van der Waals surface area contributed by atoms with Crippen molar-refractivity contribution in [2.45, 2.75) is 24.8 Å². The van der Waals surface area contributed by atoms with E-state index in [-0.39, 0.29) is 11.4 Å². The molecule has 15 heavy (non-hydrogen) atoms. The molecule has 7 heteroatoms. The van der Waals surface area contributed by atoms with Gasteiger partial charge in [0.1, 0.15) is 0 Å². The van der Waals surface area contributed by atoms with E-state index in [9.17, 15) is 8.42 Å². The number of aliphatic hydroxyl groups excluding tert-OH is 1. The fraction of sp³-hybridized carbons (Fsp3) is 0.500. The van der Waals surface area contributed by atoms with Gasteiger partial charge in [0, 0.05) is 11.4 Å². The Morgan fingerprint density at radius 3 is 2.67 bits per heavy atom. The number of aryl methyl sites for hydroxylation is 1. The molecule has 2 N–H and O–H groups in total. The number of rotatable bonds is 4. The number of halogens is 1. The van der Waals surface area contributed by atoms with Gasteiger partial charge in [0.05, 0.1) is 14.8 Å². The first-order valence-electron chi connectivity index (χ1n) is 4.26. The van der Waals surface area contributed by atoms with E-state index >= 15 is 0 Å². The second kappa shape index (κ2) is 4.92. The van der Waals surface area contributed by atoms with E-state index in [2.05, 4.69) is 20.7 Å². The highest BCUT2D eigenvalue weighted by Gasteiger charge is 2.19. The van der Waals surface area contributed by atoms with Gasteiger partial charge in [-0.05, 0) is 35.8 Å². The third-order valence-electron chi connectivity index (χ3n) is 1.70. The van der Waals surface area contributed by atoms with Gasteiger partial charge in [-0.25, -0.2) is 13.1 Å². The SMILES string of the molecule is Cc1sc(Br)cc1S(=O)(=O)NC[C@@H](C)O. The van der Waals surface area contributed by atoms with Crippen molar-refractivity contribution in [2.24, 2.45) is 0 Å². The maximum atomic E-state index is 11.7. The van der Waals surface area contributed by atoms with Crippen molar-refractivity contribution in [3.8, 4) is 0 Å². The van der Waals surface area contributed by atoms with Gasteiger partial charge in [0.15, 0.2) is 0 Å². The zero-order valence-corrected chi connectivity index (χ0v) is 11.5.